The number of benzene rings is 1. The predicted molar refractivity (Wildman–Crippen MR) is 75.6 cm³/mol. The number of hydrogen-bond acceptors (Lipinski definition) is 5. The number of phenols is 1. The van der Waals surface area contributed by atoms with E-state index in [1.54, 1.807) is 0 Å². The maximum Gasteiger partial charge on any atom is 0.240 e. The fraction of sp³-hybridized carbons (Fsp3) is 0.167. The van der Waals surface area contributed by atoms with Crippen molar-refractivity contribution in [2.75, 3.05) is 5.73 Å². The van der Waals surface area contributed by atoms with E-state index in [0.717, 1.165) is 9.75 Å². The Labute approximate surface area is 115 Å². The van der Waals surface area contributed by atoms with E-state index in [-0.39, 0.29) is 22.9 Å². The highest BCUT2D eigenvalue weighted by Crippen LogP contribution is 2.23. The number of aromatic hydroxyl groups is 1. The van der Waals surface area contributed by atoms with Gasteiger partial charge in [-0.15, -0.1) is 11.3 Å². The molecule has 0 amide bonds. The molecule has 0 saturated heterocycles. The lowest BCUT2D eigenvalue weighted by Crippen LogP contribution is -2.22. The summed E-state index contributed by atoms with van der Waals surface area (Å²) in [7, 11) is -3.62. The summed E-state index contributed by atoms with van der Waals surface area (Å²) < 4.78 is 26.6. The van der Waals surface area contributed by atoms with Crippen LogP contribution in [-0.4, -0.2) is 13.5 Å². The van der Waals surface area contributed by atoms with Gasteiger partial charge in [0.15, 0.2) is 0 Å². The number of nitrogens with one attached hydrogen (secondary N) is 1. The third-order valence-corrected chi connectivity index (χ3v) is 4.94. The summed E-state index contributed by atoms with van der Waals surface area (Å²) in [5, 5.41) is 9.28. The number of thiophene rings is 1. The molecular weight excluding hydrogens is 284 g/mol. The van der Waals surface area contributed by atoms with Crippen LogP contribution in [0.3, 0.4) is 0 Å². The standard InChI is InChI=1S/C12H14N2O3S2/c1-8-2-3-9(18-8)7-14-19(16,17)10-4-5-12(15)11(13)6-10/h2-6,14-15H,7,13H2,1H3. The molecule has 0 aliphatic rings. The zero-order valence-electron chi connectivity index (χ0n) is 10.3. The van der Waals surface area contributed by atoms with Gasteiger partial charge < -0.3 is 10.8 Å². The molecule has 1 heterocycles. The second kappa shape index (κ2) is 5.20. The third kappa shape index (κ3) is 3.25. The molecule has 0 atom stereocenters. The van der Waals surface area contributed by atoms with E-state index in [9.17, 15) is 13.5 Å². The van der Waals surface area contributed by atoms with Crippen LogP contribution in [0.2, 0.25) is 0 Å². The Balaban J connectivity index is 2.16. The SMILES string of the molecule is Cc1ccc(CNS(=O)(=O)c2ccc(O)c(N)c2)s1. The van der Waals surface area contributed by atoms with Crippen molar-refractivity contribution < 1.29 is 13.5 Å². The number of sulfonamides is 1. The Morgan fingerprint density at radius 3 is 2.63 bits per heavy atom. The zero-order valence-corrected chi connectivity index (χ0v) is 11.9. The van der Waals surface area contributed by atoms with Crippen LogP contribution in [0, 0.1) is 6.92 Å². The number of phenolic OH excluding ortho intramolecular Hbond substituents is 1. The minimum atomic E-state index is -3.62. The molecule has 1 aromatic heterocycles. The third-order valence-electron chi connectivity index (χ3n) is 2.54. The predicted octanol–water partition coefficient (Wildman–Crippen LogP) is 1.82. The molecule has 5 nitrogen and oxygen atoms in total. The second-order valence-corrected chi connectivity index (χ2v) is 7.20. The van der Waals surface area contributed by atoms with E-state index in [4.69, 9.17) is 5.73 Å². The first kappa shape index (κ1) is 13.9. The lowest BCUT2D eigenvalue weighted by molar-refractivity contribution is 0.477. The van der Waals surface area contributed by atoms with E-state index >= 15 is 0 Å². The van der Waals surface area contributed by atoms with Gasteiger partial charge in [0.1, 0.15) is 5.75 Å². The molecule has 0 saturated carbocycles. The molecule has 2 aromatic rings. The lowest BCUT2D eigenvalue weighted by atomic mass is 10.3. The summed E-state index contributed by atoms with van der Waals surface area (Å²) in [5.41, 5.74) is 5.52. The second-order valence-electron chi connectivity index (χ2n) is 4.06. The molecule has 0 spiro atoms. The molecule has 0 radical (unpaired) electrons. The van der Waals surface area contributed by atoms with Crippen molar-refractivity contribution in [3.63, 3.8) is 0 Å². The summed E-state index contributed by atoms with van der Waals surface area (Å²) in [6, 6.07) is 7.63. The van der Waals surface area contributed by atoms with Crippen molar-refractivity contribution >= 4 is 27.0 Å². The van der Waals surface area contributed by atoms with Gasteiger partial charge in [0, 0.05) is 16.3 Å². The van der Waals surface area contributed by atoms with Gasteiger partial charge in [-0.3, -0.25) is 0 Å². The topological polar surface area (TPSA) is 92.4 Å². The summed E-state index contributed by atoms with van der Waals surface area (Å²) in [6.07, 6.45) is 0. The van der Waals surface area contributed by atoms with Gasteiger partial charge >= 0.3 is 0 Å². The van der Waals surface area contributed by atoms with Crippen molar-refractivity contribution in [3.05, 3.63) is 40.1 Å². The van der Waals surface area contributed by atoms with Gasteiger partial charge in [0.25, 0.3) is 0 Å². The van der Waals surface area contributed by atoms with Crippen LogP contribution < -0.4 is 10.5 Å². The Morgan fingerprint density at radius 1 is 1.32 bits per heavy atom. The van der Waals surface area contributed by atoms with Crippen molar-refractivity contribution in [1.29, 1.82) is 0 Å². The van der Waals surface area contributed by atoms with Crippen molar-refractivity contribution in [2.24, 2.45) is 0 Å². The normalized spacial score (nSPS) is 11.6. The number of nitrogens with two attached hydrogens (primary N) is 1. The van der Waals surface area contributed by atoms with Crippen LogP contribution in [0.15, 0.2) is 35.2 Å². The van der Waals surface area contributed by atoms with Crippen molar-refractivity contribution in [1.82, 2.24) is 4.72 Å². The summed E-state index contributed by atoms with van der Waals surface area (Å²) in [4.78, 5) is 2.10. The van der Waals surface area contributed by atoms with Gasteiger partial charge in [-0.2, -0.15) is 0 Å². The van der Waals surface area contributed by atoms with Crippen LogP contribution >= 0.6 is 11.3 Å². The highest BCUT2D eigenvalue weighted by atomic mass is 32.2. The van der Waals surface area contributed by atoms with Crippen LogP contribution in [0.5, 0.6) is 5.75 Å². The average molecular weight is 298 g/mol. The minimum absolute atomic E-state index is 0.0369. The number of hydrogen-bond donors (Lipinski definition) is 3. The van der Waals surface area contributed by atoms with E-state index in [2.05, 4.69) is 4.72 Å². The van der Waals surface area contributed by atoms with Crippen molar-refractivity contribution in [2.45, 2.75) is 18.4 Å². The number of rotatable bonds is 4. The molecule has 102 valence electrons. The van der Waals surface area contributed by atoms with E-state index in [1.807, 2.05) is 19.1 Å². The molecule has 4 N–H and O–H groups in total. The van der Waals surface area contributed by atoms with Gasteiger partial charge in [0.2, 0.25) is 10.0 Å². The van der Waals surface area contributed by atoms with E-state index in [0.29, 0.717) is 0 Å². The Bertz CT molecular complexity index is 693. The maximum atomic E-state index is 12.0. The Morgan fingerprint density at radius 2 is 2.05 bits per heavy atom. The number of nitrogen functional groups attached to an aromatic ring is 1. The molecule has 1 aromatic carbocycles. The molecule has 2 rings (SSSR count). The highest BCUT2D eigenvalue weighted by molar-refractivity contribution is 7.89. The van der Waals surface area contributed by atoms with Crippen LogP contribution in [-0.2, 0) is 16.6 Å². The largest absolute Gasteiger partial charge is 0.506 e. The summed E-state index contributed by atoms with van der Waals surface area (Å²) >= 11 is 1.54. The Kier molecular flexibility index (Phi) is 3.79. The quantitative estimate of drug-likeness (QED) is 0.593. The number of aryl methyl sites for hydroxylation is 1. The van der Waals surface area contributed by atoms with Crippen LogP contribution in [0.1, 0.15) is 9.75 Å². The van der Waals surface area contributed by atoms with E-state index < -0.39 is 10.0 Å². The fourth-order valence-electron chi connectivity index (χ4n) is 1.53. The molecule has 0 bridgehead atoms. The first-order chi connectivity index (χ1) is 8.88. The first-order valence-corrected chi connectivity index (χ1v) is 7.82. The highest BCUT2D eigenvalue weighted by Gasteiger charge is 2.15. The molecule has 0 fully saturated rings. The maximum absolute atomic E-state index is 12.0. The smallest absolute Gasteiger partial charge is 0.240 e. The monoisotopic (exact) mass is 298 g/mol. The minimum Gasteiger partial charge on any atom is -0.506 e. The van der Waals surface area contributed by atoms with Gasteiger partial charge in [-0.1, -0.05) is 0 Å². The fourth-order valence-corrected chi connectivity index (χ4v) is 3.49. The average Bonchev–Trinajstić information content (AvgIpc) is 2.76. The molecule has 19 heavy (non-hydrogen) atoms. The molecule has 0 unspecified atom stereocenters. The molecule has 0 aliphatic heterocycles. The van der Waals surface area contributed by atoms with Gasteiger partial charge in [0.05, 0.1) is 10.6 Å². The lowest BCUT2D eigenvalue weighted by Gasteiger charge is -2.07. The first-order valence-electron chi connectivity index (χ1n) is 5.52. The molecule has 0 aliphatic carbocycles. The van der Waals surface area contributed by atoms with Crippen LogP contribution in [0.4, 0.5) is 5.69 Å². The zero-order chi connectivity index (χ0) is 14.0. The summed E-state index contributed by atoms with van der Waals surface area (Å²) in [6.45, 7) is 2.20. The van der Waals surface area contributed by atoms with Crippen molar-refractivity contribution in [3.8, 4) is 5.75 Å². The Hall–Kier alpha value is -1.57. The van der Waals surface area contributed by atoms with Gasteiger partial charge in [-0.05, 0) is 37.3 Å². The number of anilines is 1. The van der Waals surface area contributed by atoms with E-state index in [1.165, 1.54) is 29.5 Å². The van der Waals surface area contributed by atoms with Gasteiger partial charge in [-0.25, -0.2) is 13.1 Å². The molecular formula is C12H14N2O3S2. The summed E-state index contributed by atoms with van der Waals surface area (Å²) in [5.74, 6) is -0.132. The molecule has 7 heteroatoms. The van der Waals surface area contributed by atoms with Crippen LogP contribution in [0.25, 0.3) is 0 Å².